The minimum atomic E-state index is -0.630. The van der Waals surface area contributed by atoms with Gasteiger partial charge in [0, 0.05) is 23.7 Å². The molecule has 0 aromatic heterocycles. The van der Waals surface area contributed by atoms with Gasteiger partial charge in [0.1, 0.15) is 11.8 Å². The number of ether oxygens (including phenoxy) is 1. The molecule has 2 aliphatic heterocycles. The summed E-state index contributed by atoms with van der Waals surface area (Å²) in [6.07, 6.45) is 6.88. The summed E-state index contributed by atoms with van der Waals surface area (Å²) in [5.74, 6) is -0.0918. The van der Waals surface area contributed by atoms with Crippen LogP contribution in [0.5, 0.6) is 0 Å². The van der Waals surface area contributed by atoms with Crippen molar-refractivity contribution in [2.75, 3.05) is 19.7 Å². The van der Waals surface area contributed by atoms with Gasteiger partial charge in [-0.05, 0) is 62.8 Å². The van der Waals surface area contributed by atoms with E-state index in [4.69, 9.17) is 16.3 Å². The maximum absolute atomic E-state index is 13.4. The average molecular weight is 377 g/mol. The molecule has 26 heavy (non-hydrogen) atoms. The summed E-state index contributed by atoms with van der Waals surface area (Å²) in [6, 6.07) is 6.38. The number of halogens is 1. The molecule has 2 saturated heterocycles. The second kappa shape index (κ2) is 7.20. The van der Waals surface area contributed by atoms with Crippen LogP contribution in [0.1, 0.15) is 55.3 Å². The van der Waals surface area contributed by atoms with Crippen LogP contribution < -0.4 is 0 Å². The number of hydrogen-bond acceptors (Lipinski definition) is 3. The van der Waals surface area contributed by atoms with Crippen LogP contribution >= 0.6 is 11.6 Å². The van der Waals surface area contributed by atoms with Crippen molar-refractivity contribution >= 4 is 23.4 Å². The fourth-order valence-electron chi connectivity index (χ4n) is 4.54. The number of carbonyl (C=O) groups is 2. The van der Waals surface area contributed by atoms with Gasteiger partial charge in [-0.3, -0.25) is 14.5 Å². The van der Waals surface area contributed by atoms with E-state index in [1.807, 2.05) is 4.90 Å². The van der Waals surface area contributed by atoms with Gasteiger partial charge in [-0.1, -0.05) is 18.0 Å². The molecule has 1 aromatic rings. The molecular weight excluding hydrogens is 352 g/mol. The molecule has 3 fully saturated rings. The van der Waals surface area contributed by atoms with Crippen molar-refractivity contribution in [3.05, 3.63) is 34.9 Å². The molecule has 0 N–H and O–H groups in total. The Hall–Kier alpha value is -1.59. The molecular formula is C20H25ClN2O3. The van der Waals surface area contributed by atoms with Crippen LogP contribution in [0, 0.1) is 0 Å². The van der Waals surface area contributed by atoms with Crippen molar-refractivity contribution < 1.29 is 14.3 Å². The van der Waals surface area contributed by atoms with Crippen LogP contribution in [-0.2, 0) is 9.53 Å². The zero-order chi connectivity index (χ0) is 18.1. The Morgan fingerprint density at radius 1 is 1.00 bits per heavy atom. The van der Waals surface area contributed by atoms with E-state index in [0.717, 1.165) is 58.0 Å². The van der Waals surface area contributed by atoms with Gasteiger partial charge in [0.05, 0.1) is 6.61 Å². The first-order chi connectivity index (χ1) is 12.6. The molecule has 0 unspecified atom stereocenters. The summed E-state index contributed by atoms with van der Waals surface area (Å²) in [5.41, 5.74) is -0.0706. The zero-order valence-electron chi connectivity index (χ0n) is 15.0. The second-order valence-corrected chi connectivity index (χ2v) is 7.98. The Kier molecular flexibility index (Phi) is 4.93. The number of benzene rings is 1. The van der Waals surface area contributed by atoms with E-state index in [-0.39, 0.29) is 11.8 Å². The molecule has 4 rings (SSSR count). The molecule has 2 amide bonds. The van der Waals surface area contributed by atoms with E-state index < -0.39 is 11.8 Å². The number of hydrogen-bond donors (Lipinski definition) is 0. The van der Waals surface area contributed by atoms with E-state index >= 15 is 0 Å². The molecule has 2 heterocycles. The van der Waals surface area contributed by atoms with Gasteiger partial charge in [0.15, 0.2) is 0 Å². The van der Waals surface area contributed by atoms with E-state index in [1.54, 1.807) is 29.2 Å². The standard InChI is InChI=1S/C20H25ClN2O3/c21-16-8-6-15(7-9-16)18(24)23-17(19(25)22-12-4-5-13-22)14-26-20(23)10-2-1-3-11-20/h6-9,17H,1-5,10-14H2/t17-/m0/s1. The minimum Gasteiger partial charge on any atom is -0.353 e. The summed E-state index contributed by atoms with van der Waals surface area (Å²) in [5, 5.41) is 0.594. The quantitative estimate of drug-likeness (QED) is 0.794. The Morgan fingerprint density at radius 3 is 2.31 bits per heavy atom. The third-order valence-electron chi connectivity index (χ3n) is 5.91. The maximum Gasteiger partial charge on any atom is 0.256 e. The summed E-state index contributed by atoms with van der Waals surface area (Å²) in [7, 11) is 0. The second-order valence-electron chi connectivity index (χ2n) is 7.55. The number of carbonyl (C=O) groups excluding carboxylic acids is 2. The Labute approximate surface area is 159 Å². The summed E-state index contributed by atoms with van der Waals surface area (Å²) in [6.45, 7) is 1.87. The lowest BCUT2D eigenvalue weighted by molar-refractivity contribution is -0.136. The normalized spacial score (nSPS) is 25.0. The van der Waals surface area contributed by atoms with Crippen LogP contribution in [0.15, 0.2) is 24.3 Å². The Bertz CT molecular complexity index is 679. The van der Waals surface area contributed by atoms with Gasteiger partial charge in [-0.2, -0.15) is 0 Å². The highest BCUT2D eigenvalue weighted by Crippen LogP contribution is 2.42. The minimum absolute atomic E-state index is 0.0345. The molecule has 0 radical (unpaired) electrons. The summed E-state index contributed by atoms with van der Waals surface area (Å²) in [4.78, 5) is 30.1. The smallest absolute Gasteiger partial charge is 0.256 e. The molecule has 5 nitrogen and oxygen atoms in total. The monoisotopic (exact) mass is 376 g/mol. The van der Waals surface area contributed by atoms with Crippen LogP contribution in [0.25, 0.3) is 0 Å². The van der Waals surface area contributed by atoms with E-state index in [1.165, 1.54) is 0 Å². The van der Waals surface area contributed by atoms with Gasteiger partial charge >= 0.3 is 0 Å². The third-order valence-corrected chi connectivity index (χ3v) is 6.16. The first-order valence-corrected chi connectivity index (χ1v) is 10.0. The van der Waals surface area contributed by atoms with Crippen molar-refractivity contribution in [3.8, 4) is 0 Å². The molecule has 3 aliphatic rings. The number of nitrogens with zero attached hydrogens (tertiary/aromatic N) is 2. The first kappa shape index (κ1) is 17.8. The molecule has 140 valence electrons. The van der Waals surface area contributed by atoms with Crippen molar-refractivity contribution in [1.29, 1.82) is 0 Å². The average Bonchev–Trinajstić information content (AvgIpc) is 3.31. The molecule has 1 atom stereocenters. The fraction of sp³-hybridized carbons (Fsp3) is 0.600. The Balaban J connectivity index is 1.66. The zero-order valence-corrected chi connectivity index (χ0v) is 15.7. The number of amides is 2. The predicted molar refractivity (Wildman–Crippen MR) is 99.0 cm³/mol. The van der Waals surface area contributed by atoms with Crippen LogP contribution in [0.4, 0.5) is 0 Å². The fourth-order valence-corrected chi connectivity index (χ4v) is 4.67. The lowest BCUT2D eigenvalue weighted by atomic mass is 9.89. The molecule has 1 spiro atoms. The SMILES string of the molecule is O=C([C@@H]1COC2(CCCCC2)N1C(=O)c1ccc(Cl)cc1)N1CCCC1. The lowest BCUT2D eigenvalue weighted by Crippen LogP contribution is -2.56. The van der Waals surface area contributed by atoms with Gasteiger partial charge in [0.25, 0.3) is 5.91 Å². The van der Waals surface area contributed by atoms with Crippen LogP contribution in [0.2, 0.25) is 5.02 Å². The largest absolute Gasteiger partial charge is 0.353 e. The van der Waals surface area contributed by atoms with Crippen molar-refractivity contribution in [2.45, 2.75) is 56.7 Å². The molecule has 0 bridgehead atoms. The number of rotatable bonds is 2. The van der Waals surface area contributed by atoms with Crippen LogP contribution in [0.3, 0.4) is 0 Å². The van der Waals surface area contributed by atoms with E-state index in [0.29, 0.717) is 17.2 Å². The highest BCUT2D eigenvalue weighted by atomic mass is 35.5. The summed E-state index contributed by atoms with van der Waals surface area (Å²) < 4.78 is 6.19. The van der Waals surface area contributed by atoms with E-state index in [9.17, 15) is 9.59 Å². The van der Waals surface area contributed by atoms with Gasteiger partial charge in [-0.25, -0.2) is 0 Å². The maximum atomic E-state index is 13.4. The number of likely N-dealkylation sites (tertiary alicyclic amines) is 1. The molecule has 1 aromatic carbocycles. The summed E-state index contributed by atoms with van der Waals surface area (Å²) >= 11 is 5.97. The lowest BCUT2D eigenvalue weighted by Gasteiger charge is -2.42. The predicted octanol–water partition coefficient (Wildman–Crippen LogP) is 3.46. The highest BCUT2D eigenvalue weighted by molar-refractivity contribution is 6.30. The molecule has 1 saturated carbocycles. The highest BCUT2D eigenvalue weighted by Gasteiger charge is 2.53. The molecule has 1 aliphatic carbocycles. The van der Waals surface area contributed by atoms with Gasteiger partial charge in [-0.15, -0.1) is 0 Å². The third kappa shape index (κ3) is 3.12. The van der Waals surface area contributed by atoms with Crippen molar-refractivity contribution in [2.24, 2.45) is 0 Å². The molecule has 6 heteroatoms. The van der Waals surface area contributed by atoms with Crippen LogP contribution in [-0.4, -0.2) is 53.1 Å². The van der Waals surface area contributed by atoms with Gasteiger partial charge < -0.3 is 9.64 Å². The first-order valence-electron chi connectivity index (χ1n) is 9.63. The van der Waals surface area contributed by atoms with Crippen molar-refractivity contribution in [1.82, 2.24) is 9.80 Å². The topological polar surface area (TPSA) is 49.9 Å². The Morgan fingerprint density at radius 2 is 1.65 bits per heavy atom. The van der Waals surface area contributed by atoms with Gasteiger partial charge in [0.2, 0.25) is 5.91 Å². The van der Waals surface area contributed by atoms with Crippen molar-refractivity contribution in [3.63, 3.8) is 0 Å². The van der Waals surface area contributed by atoms with E-state index in [2.05, 4.69) is 0 Å².